The number of morpholine rings is 1. The molecule has 0 radical (unpaired) electrons. The van der Waals surface area contributed by atoms with E-state index in [4.69, 9.17) is 4.74 Å². The second-order valence-electron chi connectivity index (χ2n) is 4.88. The number of anilines is 1. The number of aliphatic hydroxyl groups is 1. The molecule has 2 heterocycles. The fourth-order valence-corrected chi connectivity index (χ4v) is 2.14. The van der Waals surface area contributed by atoms with Crippen LogP contribution < -0.4 is 4.90 Å². The molecule has 0 amide bonds. The van der Waals surface area contributed by atoms with Gasteiger partial charge in [0.2, 0.25) is 5.95 Å². The lowest BCUT2D eigenvalue weighted by Crippen LogP contribution is -2.54. The molecule has 0 aliphatic carbocycles. The quantitative estimate of drug-likeness (QED) is 0.789. The van der Waals surface area contributed by atoms with E-state index >= 15 is 0 Å². The molecule has 1 unspecified atom stereocenters. The molecule has 5 heteroatoms. The van der Waals surface area contributed by atoms with Gasteiger partial charge in [0.1, 0.15) is 5.82 Å². The summed E-state index contributed by atoms with van der Waals surface area (Å²) in [6.45, 7) is 4.99. The fourth-order valence-electron chi connectivity index (χ4n) is 2.14. The van der Waals surface area contributed by atoms with Gasteiger partial charge < -0.3 is 14.7 Å². The molecule has 1 aromatic heterocycles. The zero-order valence-electron chi connectivity index (χ0n) is 10.1. The van der Waals surface area contributed by atoms with Crippen molar-refractivity contribution in [2.75, 3.05) is 24.6 Å². The van der Waals surface area contributed by atoms with Gasteiger partial charge in [0.05, 0.1) is 18.3 Å². The number of pyridine rings is 1. The van der Waals surface area contributed by atoms with Crippen molar-refractivity contribution in [3.05, 3.63) is 24.1 Å². The third-order valence-corrected chi connectivity index (χ3v) is 2.71. The number of aliphatic hydroxyl groups excluding tert-OH is 1. The summed E-state index contributed by atoms with van der Waals surface area (Å²) < 4.78 is 18.8. The second-order valence-corrected chi connectivity index (χ2v) is 4.88. The number of ether oxygens (including phenoxy) is 1. The molecule has 1 aliphatic heterocycles. The molecular weight excluding hydrogens is 223 g/mol. The van der Waals surface area contributed by atoms with Crippen LogP contribution >= 0.6 is 0 Å². The normalized spacial score (nSPS) is 23.8. The van der Waals surface area contributed by atoms with E-state index in [0.717, 1.165) is 0 Å². The lowest BCUT2D eigenvalue weighted by molar-refractivity contribution is -0.101. The average molecular weight is 240 g/mol. The van der Waals surface area contributed by atoms with Crippen molar-refractivity contribution in [3.8, 4) is 0 Å². The van der Waals surface area contributed by atoms with E-state index in [1.165, 1.54) is 6.07 Å². The van der Waals surface area contributed by atoms with Gasteiger partial charge in [0.15, 0.2) is 0 Å². The van der Waals surface area contributed by atoms with Crippen LogP contribution in [0.15, 0.2) is 18.2 Å². The van der Waals surface area contributed by atoms with Gasteiger partial charge in [-0.25, -0.2) is 4.98 Å². The van der Waals surface area contributed by atoms with Gasteiger partial charge in [0, 0.05) is 13.1 Å². The Morgan fingerprint density at radius 3 is 3.00 bits per heavy atom. The van der Waals surface area contributed by atoms with Gasteiger partial charge in [0.25, 0.3) is 0 Å². The maximum atomic E-state index is 13.1. The van der Waals surface area contributed by atoms with E-state index in [0.29, 0.717) is 18.9 Å². The van der Waals surface area contributed by atoms with Crippen LogP contribution in [0.1, 0.15) is 13.8 Å². The summed E-state index contributed by atoms with van der Waals surface area (Å²) in [6, 6.07) is 4.71. The fraction of sp³-hybridized carbons (Fsp3) is 0.583. The van der Waals surface area contributed by atoms with Crippen LogP contribution in [0.25, 0.3) is 0 Å². The highest BCUT2D eigenvalue weighted by atomic mass is 19.1. The number of aromatic nitrogens is 1. The standard InChI is InChI=1S/C12H17FN2O2/c1-12(2)8-15(6-9(7-16)17-12)11-5-3-4-10(13)14-11/h3-5,9,16H,6-8H2,1-2H3. The van der Waals surface area contributed by atoms with E-state index in [1.807, 2.05) is 18.7 Å². The molecular formula is C12H17FN2O2. The van der Waals surface area contributed by atoms with Crippen molar-refractivity contribution < 1.29 is 14.2 Å². The third-order valence-electron chi connectivity index (χ3n) is 2.71. The van der Waals surface area contributed by atoms with Crippen LogP contribution in [0.5, 0.6) is 0 Å². The monoisotopic (exact) mass is 240 g/mol. The summed E-state index contributed by atoms with van der Waals surface area (Å²) in [5.74, 6) is 0.0900. The van der Waals surface area contributed by atoms with Crippen LogP contribution in [0, 0.1) is 5.95 Å². The first kappa shape index (κ1) is 12.3. The molecule has 0 aromatic carbocycles. The summed E-state index contributed by atoms with van der Waals surface area (Å²) in [5.41, 5.74) is -0.375. The van der Waals surface area contributed by atoms with E-state index in [-0.39, 0.29) is 18.3 Å². The molecule has 0 spiro atoms. The average Bonchev–Trinajstić information content (AvgIpc) is 2.27. The minimum atomic E-state index is -0.493. The molecule has 4 nitrogen and oxygen atoms in total. The largest absolute Gasteiger partial charge is 0.394 e. The van der Waals surface area contributed by atoms with Crippen molar-refractivity contribution in [2.24, 2.45) is 0 Å². The third kappa shape index (κ3) is 2.92. The molecule has 1 aliphatic rings. The summed E-state index contributed by atoms with van der Waals surface area (Å²) in [7, 11) is 0. The molecule has 1 N–H and O–H groups in total. The van der Waals surface area contributed by atoms with Crippen LogP contribution in [-0.2, 0) is 4.74 Å². The minimum Gasteiger partial charge on any atom is -0.394 e. The van der Waals surface area contributed by atoms with E-state index in [2.05, 4.69) is 4.98 Å². The summed E-state index contributed by atoms with van der Waals surface area (Å²) in [4.78, 5) is 5.79. The van der Waals surface area contributed by atoms with Crippen molar-refractivity contribution in [3.63, 3.8) is 0 Å². The van der Waals surface area contributed by atoms with E-state index < -0.39 is 5.95 Å². The Morgan fingerprint density at radius 2 is 2.35 bits per heavy atom. The van der Waals surface area contributed by atoms with Gasteiger partial charge in [-0.2, -0.15) is 4.39 Å². The summed E-state index contributed by atoms with van der Waals surface area (Å²) in [6.07, 6.45) is -0.260. The van der Waals surface area contributed by atoms with Crippen molar-refractivity contribution in [1.82, 2.24) is 4.98 Å². The number of halogens is 1. The highest BCUT2D eigenvalue weighted by Gasteiger charge is 2.33. The van der Waals surface area contributed by atoms with Crippen LogP contribution in [0.2, 0.25) is 0 Å². The summed E-state index contributed by atoms with van der Waals surface area (Å²) >= 11 is 0. The van der Waals surface area contributed by atoms with Crippen LogP contribution in [0.4, 0.5) is 10.2 Å². The van der Waals surface area contributed by atoms with Gasteiger partial charge in [-0.05, 0) is 26.0 Å². The van der Waals surface area contributed by atoms with Gasteiger partial charge >= 0.3 is 0 Å². The molecule has 17 heavy (non-hydrogen) atoms. The molecule has 0 bridgehead atoms. The first-order valence-corrected chi connectivity index (χ1v) is 5.66. The Morgan fingerprint density at radius 1 is 1.59 bits per heavy atom. The maximum Gasteiger partial charge on any atom is 0.214 e. The van der Waals surface area contributed by atoms with Crippen LogP contribution in [-0.4, -0.2) is 41.5 Å². The van der Waals surface area contributed by atoms with E-state index in [1.54, 1.807) is 12.1 Å². The summed E-state index contributed by atoms with van der Waals surface area (Å²) in [5, 5.41) is 9.20. The molecule has 1 aromatic rings. The Hall–Kier alpha value is -1.20. The number of rotatable bonds is 2. The molecule has 0 saturated carbocycles. The highest BCUT2D eigenvalue weighted by Crippen LogP contribution is 2.24. The van der Waals surface area contributed by atoms with Crippen molar-refractivity contribution in [2.45, 2.75) is 25.6 Å². The minimum absolute atomic E-state index is 0.0464. The lowest BCUT2D eigenvalue weighted by atomic mass is 10.1. The maximum absolute atomic E-state index is 13.1. The zero-order valence-corrected chi connectivity index (χ0v) is 10.1. The molecule has 1 fully saturated rings. The van der Waals surface area contributed by atoms with Crippen LogP contribution in [0.3, 0.4) is 0 Å². The second kappa shape index (κ2) is 4.58. The number of nitrogens with zero attached hydrogens (tertiary/aromatic N) is 2. The topological polar surface area (TPSA) is 45.6 Å². The zero-order chi connectivity index (χ0) is 12.5. The molecule has 94 valence electrons. The number of hydrogen-bond donors (Lipinski definition) is 1. The first-order chi connectivity index (χ1) is 8.00. The van der Waals surface area contributed by atoms with Crippen molar-refractivity contribution >= 4 is 5.82 Å². The van der Waals surface area contributed by atoms with Crippen molar-refractivity contribution in [1.29, 1.82) is 0 Å². The Kier molecular flexibility index (Phi) is 3.31. The van der Waals surface area contributed by atoms with Gasteiger partial charge in [-0.1, -0.05) is 6.07 Å². The highest BCUT2D eigenvalue weighted by molar-refractivity contribution is 5.39. The predicted octanol–water partition coefficient (Wildman–Crippen LogP) is 1.20. The first-order valence-electron chi connectivity index (χ1n) is 5.66. The Balaban J connectivity index is 2.20. The Labute approximate surface area is 100 Å². The lowest BCUT2D eigenvalue weighted by Gasteiger charge is -2.42. The molecule has 2 rings (SSSR count). The van der Waals surface area contributed by atoms with E-state index in [9.17, 15) is 9.50 Å². The molecule has 1 atom stereocenters. The van der Waals surface area contributed by atoms with Gasteiger partial charge in [-0.3, -0.25) is 0 Å². The molecule has 1 saturated heterocycles. The predicted molar refractivity (Wildman–Crippen MR) is 62.4 cm³/mol. The smallest absolute Gasteiger partial charge is 0.214 e. The van der Waals surface area contributed by atoms with Gasteiger partial charge in [-0.15, -0.1) is 0 Å². The Bertz CT molecular complexity index is 398. The SMILES string of the molecule is CC1(C)CN(c2cccc(F)n2)CC(CO)O1. The number of hydrogen-bond acceptors (Lipinski definition) is 4.